The minimum absolute atomic E-state index is 0.143. The quantitative estimate of drug-likeness (QED) is 0.176. The van der Waals surface area contributed by atoms with Gasteiger partial charge in [0.1, 0.15) is 17.0 Å². The van der Waals surface area contributed by atoms with Crippen LogP contribution in [0.5, 0.6) is 5.75 Å². The Morgan fingerprint density at radius 3 is 2.48 bits per heavy atom. The number of nitrogens with one attached hydrogen (secondary N) is 2. The summed E-state index contributed by atoms with van der Waals surface area (Å²) in [6.45, 7) is 4.93. The van der Waals surface area contributed by atoms with Gasteiger partial charge in [0.25, 0.3) is 5.91 Å². The molecule has 0 aliphatic rings. The molecular weight excluding hydrogens is 540 g/mol. The van der Waals surface area contributed by atoms with Crippen LogP contribution in [0.2, 0.25) is 0 Å². The van der Waals surface area contributed by atoms with E-state index in [0.29, 0.717) is 66.2 Å². The van der Waals surface area contributed by atoms with Crippen molar-refractivity contribution in [2.24, 2.45) is 11.5 Å². The maximum atomic E-state index is 13.2. The monoisotopic (exact) mass is 574 g/mol. The Bertz CT molecular complexity index is 1660. The lowest BCUT2D eigenvalue weighted by atomic mass is 10.1. The number of methoxy groups -OCH3 is 1. The zero-order chi connectivity index (χ0) is 30.4. The van der Waals surface area contributed by atoms with Gasteiger partial charge in [0, 0.05) is 37.2 Å². The summed E-state index contributed by atoms with van der Waals surface area (Å²) in [5, 5.41) is 10.1. The maximum Gasteiger partial charge on any atom is 0.276 e. The molecule has 0 spiro atoms. The molecule has 13 nitrogen and oxygen atoms in total. The minimum Gasteiger partial charge on any atom is -0.494 e. The maximum absolute atomic E-state index is 13.2. The van der Waals surface area contributed by atoms with E-state index >= 15 is 0 Å². The second-order valence-corrected chi connectivity index (χ2v) is 9.71. The third kappa shape index (κ3) is 6.74. The molecule has 4 rings (SSSR count). The number of benzene rings is 2. The van der Waals surface area contributed by atoms with Crippen LogP contribution in [0, 0.1) is 6.92 Å². The predicted molar refractivity (Wildman–Crippen MR) is 156 cm³/mol. The highest BCUT2D eigenvalue weighted by Gasteiger charge is 2.21. The number of carbonyl (C=O) groups is 4. The smallest absolute Gasteiger partial charge is 0.276 e. The number of anilines is 1. The fraction of sp³-hybridized carbons (Fsp3) is 0.310. The van der Waals surface area contributed by atoms with Crippen LogP contribution >= 0.6 is 0 Å². The van der Waals surface area contributed by atoms with E-state index in [4.69, 9.17) is 16.2 Å². The highest BCUT2D eigenvalue weighted by Crippen LogP contribution is 2.31. The summed E-state index contributed by atoms with van der Waals surface area (Å²) in [6.07, 6.45) is 1.21. The molecule has 0 bridgehead atoms. The van der Waals surface area contributed by atoms with Crippen LogP contribution in [0.3, 0.4) is 0 Å². The molecule has 2 heterocycles. The van der Waals surface area contributed by atoms with Gasteiger partial charge in [0.2, 0.25) is 23.7 Å². The van der Waals surface area contributed by atoms with Gasteiger partial charge in [0.15, 0.2) is 0 Å². The first-order chi connectivity index (χ1) is 20.1. The van der Waals surface area contributed by atoms with Crippen LogP contribution in [0.4, 0.5) is 5.95 Å². The van der Waals surface area contributed by atoms with Crippen LogP contribution < -0.4 is 26.8 Å². The Morgan fingerprint density at radius 1 is 1.02 bits per heavy atom. The molecule has 4 aromatic rings. The fourth-order valence-electron chi connectivity index (χ4n) is 4.67. The Hall–Kier alpha value is -5.20. The number of ether oxygens (including phenoxy) is 1. The summed E-state index contributed by atoms with van der Waals surface area (Å²) in [7, 11) is 1.47. The van der Waals surface area contributed by atoms with Crippen LogP contribution in [-0.4, -0.2) is 56.6 Å². The van der Waals surface area contributed by atoms with E-state index in [1.165, 1.54) is 13.2 Å². The molecule has 0 aliphatic carbocycles. The van der Waals surface area contributed by atoms with Crippen molar-refractivity contribution >= 4 is 40.6 Å². The van der Waals surface area contributed by atoms with E-state index in [9.17, 15) is 19.2 Å². The summed E-state index contributed by atoms with van der Waals surface area (Å²) in [4.78, 5) is 53.6. The average Bonchev–Trinajstić information content (AvgIpc) is 3.53. The van der Waals surface area contributed by atoms with Crippen LogP contribution in [0.15, 0.2) is 42.5 Å². The number of hydrogen-bond acceptors (Lipinski definition) is 7. The number of nitrogens with zero attached hydrogens (tertiary/aromatic N) is 4. The number of nitrogens with two attached hydrogens (primary N) is 2. The Morgan fingerprint density at radius 2 is 1.79 bits per heavy atom. The first-order valence-corrected chi connectivity index (χ1v) is 13.5. The summed E-state index contributed by atoms with van der Waals surface area (Å²) in [5.41, 5.74) is 14.4. The van der Waals surface area contributed by atoms with Crippen molar-refractivity contribution in [3.05, 3.63) is 70.5 Å². The fourth-order valence-corrected chi connectivity index (χ4v) is 4.67. The van der Waals surface area contributed by atoms with Crippen molar-refractivity contribution in [2.75, 3.05) is 19.0 Å². The van der Waals surface area contributed by atoms with Crippen LogP contribution in [-0.2, 0) is 24.3 Å². The largest absolute Gasteiger partial charge is 0.494 e. The Balaban J connectivity index is 1.49. The van der Waals surface area contributed by atoms with E-state index in [2.05, 4.69) is 20.7 Å². The van der Waals surface area contributed by atoms with Crippen LogP contribution in [0.1, 0.15) is 62.2 Å². The molecule has 6 N–H and O–H groups in total. The number of primary amides is 2. The number of carbonyl (C=O) groups excluding carboxylic acids is 4. The molecule has 0 aliphatic heterocycles. The zero-order valence-electron chi connectivity index (χ0n) is 23.8. The van der Waals surface area contributed by atoms with Crippen molar-refractivity contribution < 1.29 is 23.9 Å². The second kappa shape index (κ2) is 13.0. The van der Waals surface area contributed by atoms with Gasteiger partial charge < -0.3 is 26.1 Å². The van der Waals surface area contributed by atoms with Crippen molar-refractivity contribution in [1.82, 2.24) is 24.6 Å². The first kappa shape index (κ1) is 29.8. The molecule has 4 amide bonds. The molecular formula is C29H34N8O5. The van der Waals surface area contributed by atoms with E-state index in [1.807, 2.05) is 13.0 Å². The van der Waals surface area contributed by atoms with Crippen molar-refractivity contribution in [3.8, 4) is 5.75 Å². The van der Waals surface area contributed by atoms with E-state index < -0.39 is 17.7 Å². The molecule has 220 valence electrons. The first-order valence-electron chi connectivity index (χ1n) is 13.5. The number of imidazole rings is 1. The van der Waals surface area contributed by atoms with Gasteiger partial charge in [0.05, 0.1) is 18.3 Å². The predicted octanol–water partition coefficient (Wildman–Crippen LogP) is 2.16. The van der Waals surface area contributed by atoms with Gasteiger partial charge in [-0.3, -0.25) is 29.2 Å². The number of amides is 4. The molecule has 2 aromatic carbocycles. The standard InChI is InChI=1S/C29H34N8O5/c1-4-37-22(13-17(2)35-37)28(41)34-29-33-21-15-20(27(31)40)16-23(42-3)25(21)36(29)12-6-11-32-24(38)10-9-18-7-5-8-19(14-18)26(30)39/h5,7-8,13-16H,4,6,9-12H2,1-3H3,(H2,30,39)(H2,31,40)(H,32,38)(H,33,34,41). The van der Waals surface area contributed by atoms with Crippen molar-refractivity contribution in [2.45, 2.75) is 46.2 Å². The number of hydrogen-bond donors (Lipinski definition) is 4. The van der Waals surface area contributed by atoms with Gasteiger partial charge in [-0.25, -0.2) is 4.98 Å². The molecule has 0 atom stereocenters. The average molecular weight is 575 g/mol. The van der Waals surface area contributed by atoms with Crippen LogP contribution in [0.25, 0.3) is 11.0 Å². The summed E-state index contributed by atoms with van der Waals surface area (Å²) >= 11 is 0. The van der Waals surface area contributed by atoms with E-state index in [0.717, 1.165) is 5.56 Å². The second-order valence-electron chi connectivity index (χ2n) is 9.71. The SMILES string of the molecule is CCn1nc(C)cc1C(=O)Nc1nc2cc(C(N)=O)cc(OC)c2n1CCCNC(=O)CCc1cccc(C(N)=O)c1. The highest BCUT2D eigenvalue weighted by atomic mass is 16.5. The van der Waals surface area contributed by atoms with E-state index in [1.54, 1.807) is 46.5 Å². The molecule has 0 fully saturated rings. The molecule has 13 heteroatoms. The third-order valence-electron chi connectivity index (χ3n) is 6.70. The molecule has 42 heavy (non-hydrogen) atoms. The van der Waals surface area contributed by atoms with Crippen molar-refractivity contribution in [3.63, 3.8) is 0 Å². The summed E-state index contributed by atoms with van der Waals surface area (Å²) < 4.78 is 8.93. The normalized spacial score (nSPS) is 10.9. The molecule has 0 saturated carbocycles. The minimum atomic E-state index is -0.637. The molecule has 0 unspecified atom stereocenters. The highest BCUT2D eigenvalue weighted by molar-refractivity contribution is 6.04. The Kier molecular flexibility index (Phi) is 9.20. The Labute approximate surface area is 242 Å². The topological polar surface area (TPSA) is 189 Å². The van der Waals surface area contributed by atoms with Gasteiger partial charge in [-0.05, 0) is 62.6 Å². The number of aryl methyl sites for hydroxylation is 4. The summed E-state index contributed by atoms with van der Waals surface area (Å²) in [5.74, 6) is -1.07. The van der Waals surface area contributed by atoms with Gasteiger partial charge in [-0.1, -0.05) is 12.1 Å². The molecule has 0 radical (unpaired) electrons. The zero-order valence-corrected chi connectivity index (χ0v) is 23.8. The van der Waals surface area contributed by atoms with Gasteiger partial charge >= 0.3 is 0 Å². The van der Waals surface area contributed by atoms with Gasteiger partial charge in [-0.15, -0.1) is 0 Å². The lowest BCUT2D eigenvalue weighted by Crippen LogP contribution is -2.26. The van der Waals surface area contributed by atoms with Crippen molar-refractivity contribution in [1.29, 1.82) is 0 Å². The van der Waals surface area contributed by atoms with E-state index in [-0.39, 0.29) is 23.8 Å². The summed E-state index contributed by atoms with van der Waals surface area (Å²) in [6, 6.07) is 11.6. The third-order valence-corrected chi connectivity index (χ3v) is 6.70. The molecule has 2 aromatic heterocycles. The number of aromatic nitrogens is 4. The lowest BCUT2D eigenvalue weighted by Gasteiger charge is -2.13. The number of fused-ring (bicyclic) bond motifs is 1. The number of rotatable bonds is 13. The molecule has 0 saturated heterocycles. The lowest BCUT2D eigenvalue weighted by molar-refractivity contribution is -0.121. The van der Waals surface area contributed by atoms with Gasteiger partial charge in [-0.2, -0.15) is 5.10 Å².